The van der Waals surface area contributed by atoms with Crippen molar-refractivity contribution in [3.63, 3.8) is 0 Å². The van der Waals surface area contributed by atoms with Crippen molar-refractivity contribution in [3.8, 4) is 11.8 Å². The lowest BCUT2D eigenvalue weighted by molar-refractivity contribution is -0.118. The molecule has 3 nitrogen and oxygen atoms in total. The zero-order valence-electron chi connectivity index (χ0n) is 22.3. The quantitative estimate of drug-likeness (QED) is 0.153. The van der Waals surface area contributed by atoms with Crippen LogP contribution < -0.4 is 5.32 Å². The highest BCUT2D eigenvalue weighted by Gasteiger charge is 2.06. The first kappa shape index (κ1) is 29.9. The monoisotopic (exact) mass is 473 g/mol. The first-order valence-corrected chi connectivity index (χ1v) is 12.5. The lowest BCUT2D eigenvalue weighted by Crippen LogP contribution is -2.35. The second kappa shape index (κ2) is 17.4. The van der Waals surface area contributed by atoms with Crippen molar-refractivity contribution < 1.29 is 9.90 Å². The Balaban J connectivity index is 2.46. The van der Waals surface area contributed by atoms with E-state index in [0.717, 1.165) is 12.8 Å². The number of carbonyl (C=O) groups excluding carboxylic acids is 1. The van der Waals surface area contributed by atoms with E-state index >= 15 is 0 Å². The molecule has 0 aliphatic rings. The minimum Gasteiger partial charge on any atom is -0.394 e. The van der Waals surface area contributed by atoms with Crippen LogP contribution in [-0.2, 0) is 11.2 Å². The summed E-state index contributed by atoms with van der Waals surface area (Å²) in [5, 5.41) is 11.7. The summed E-state index contributed by atoms with van der Waals surface area (Å²) in [4.78, 5) is 11.9. The van der Waals surface area contributed by atoms with E-state index in [2.05, 4.69) is 87.3 Å². The van der Waals surface area contributed by atoms with E-state index in [1.54, 1.807) is 32.1 Å². The first-order valence-electron chi connectivity index (χ1n) is 12.5. The molecule has 0 spiro atoms. The molecular weight excluding hydrogens is 430 g/mol. The Morgan fingerprint density at radius 3 is 2.37 bits per heavy atom. The van der Waals surface area contributed by atoms with Crippen LogP contribution in [0.1, 0.15) is 59.9 Å². The number of carbonyl (C=O) groups is 1. The van der Waals surface area contributed by atoms with E-state index in [1.807, 2.05) is 12.2 Å². The summed E-state index contributed by atoms with van der Waals surface area (Å²) in [5.74, 6) is 6.80. The summed E-state index contributed by atoms with van der Waals surface area (Å²) >= 11 is 0. The van der Waals surface area contributed by atoms with Gasteiger partial charge in [0, 0.05) is 11.6 Å². The zero-order chi connectivity index (χ0) is 26.1. The van der Waals surface area contributed by atoms with Crippen LogP contribution in [0.3, 0.4) is 0 Å². The molecule has 3 unspecified atom stereocenters. The second-order valence-electron chi connectivity index (χ2n) is 9.49. The van der Waals surface area contributed by atoms with E-state index in [-0.39, 0.29) is 18.6 Å². The molecule has 0 fully saturated rings. The first-order chi connectivity index (χ1) is 16.7. The van der Waals surface area contributed by atoms with Gasteiger partial charge in [0.1, 0.15) is 0 Å². The molecule has 0 aliphatic carbocycles. The Morgan fingerprint density at radius 1 is 1.00 bits per heavy atom. The van der Waals surface area contributed by atoms with Gasteiger partial charge in [0.05, 0.1) is 6.61 Å². The number of aryl methyl sites for hydroxylation is 1. The van der Waals surface area contributed by atoms with E-state index in [1.165, 1.54) is 23.1 Å². The lowest BCUT2D eigenvalue weighted by atomic mass is 9.94. The van der Waals surface area contributed by atoms with Crippen LogP contribution >= 0.6 is 0 Å². The Kier molecular flexibility index (Phi) is 14.9. The van der Waals surface area contributed by atoms with Gasteiger partial charge in [-0.1, -0.05) is 97.5 Å². The summed E-state index contributed by atoms with van der Waals surface area (Å²) in [6, 6.07) is 10.4. The van der Waals surface area contributed by atoms with E-state index < -0.39 is 0 Å². The highest BCUT2D eigenvalue weighted by atomic mass is 16.3. The molecule has 0 radical (unpaired) electrons. The van der Waals surface area contributed by atoms with E-state index in [9.17, 15) is 4.79 Å². The average molecular weight is 474 g/mol. The van der Waals surface area contributed by atoms with Gasteiger partial charge >= 0.3 is 0 Å². The highest BCUT2D eigenvalue weighted by Crippen LogP contribution is 2.18. The highest BCUT2D eigenvalue weighted by molar-refractivity contribution is 5.93. The van der Waals surface area contributed by atoms with Gasteiger partial charge in [-0.25, -0.2) is 0 Å². The van der Waals surface area contributed by atoms with Gasteiger partial charge in [-0.2, -0.15) is 0 Å². The Bertz CT molecular complexity index is 983. The van der Waals surface area contributed by atoms with Crippen molar-refractivity contribution >= 4 is 5.91 Å². The fourth-order valence-corrected chi connectivity index (χ4v) is 3.72. The Labute approximate surface area is 213 Å². The summed E-state index contributed by atoms with van der Waals surface area (Å²) in [7, 11) is 0. The molecule has 0 heterocycles. The van der Waals surface area contributed by atoms with Gasteiger partial charge in [-0.05, 0) is 76.5 Å². The van der Waals surface area contributed by atoms with Crippen molar-refractivity contribution in [2.24, 2.45) is 11.8 Å². The minimum atomic E-state index is -0.257. The molecule has 1 aromatic carbocycles. The van der Waals surface area contributed by atoms with Crippen LogP contribution in [0.15, 0.2) is 89.6 Å². The molecule has 2 N–H and O–H groups in total. The van der Waals surface area contributed by atoms with Crippen LogP contribution in [0.4, 0.5) is 0 Å². The van der Waals surface area contributed by atoms with Gasteiger partial charge in [-0.15, -0.1) is 0 Å². The second-order valence-corrected chi connectivity index (χ2v) is 9.49. The van der Waals surface area contributed by atoms with E-state index in [0.29, 0.717) is 17.4 Å². The predicted molar refractivity (Wildman–Crippen MR) is 150 cm³/mol. The molecule has 0 saturated carbocycles. The number of hydrogen-bond acceptors (Lipinski definition) is 2. The molecule has 0 saturated heterocycles. The summed E-state index contributed by atoms with van der Waals surface area (Å²) in [6.07, 6.45) is 17.1. The molecule has 188 valence electrons. The third-order valence-corrected chi connectivity index (χ3v) is 5.54. The normalized spacial score (nSPS) is 15.6. The maximum absolute atomic E-state index is 11.9. The molecule has 3 heteroatoms. The molecule has 0 aromatic heterocycles. The van der Waals surface area contributed by atoms with Gasteiger partial charge < -0.3 is 10.4 Å². The maximum atomic E-state index is 11.9. The van der Waals surface area contributed by atoms with Crippen molar-refractivity contribution in [2.75, 3.05) is 6.61 Å². The van der Waals surface area contributed by atoms with Crippen LogP contribution in [0.2, 0.25) is 0 Å². The number of benzene rings is 1. The lowest BCUT2D eigenvalue weighted by Gasteiger charge is -2.12. The fraction of sp³-hybridized carbons (Fsp3) is 0.406. The molecule has 35 heavy (non-hydrogen) atoms. The van der Waals surface area contributed by atoms with Gasteiger partial charge in [0.2, 0.25) is 5.91 Å². The topological polar surface area (TPSA) is 49.3 Å². The van der Waals surface area contributed by atoms with Crippen molar-refractivity contribution in [1.82, 2.24) is 5.32 Å². The molecule has 0 aliphatic heterocycles. The number of nitrogens with one attached hydrogen (secondary N) is 1. The molecule has 1 rings (SSSR count). The van der Waals surface area contributed by atoms with Crippen molar-refractivity contribution in [3.05, 3.63) is 95.1 Å². The number of hydrogen-bond donors (Lipinski definition) is 2. The van der Waals surface area contributed by atoms with Gasteiger partial charge in [0.15, 0.2) is 0 Å². The molecular formula is C32H43NO2. The summed E-state index contributed by atoms with van der Waals surface area (Å²) in [5.41, 5.74) is 4.62. The molecule has 1 aromatic rings. The van der Waals surface area contributed by atoms with Crippen molar-refractivity contribution in [2.45, 2.75) is 66.8 Å². The number of aliphatic hydroxyl groups is 1. The Morgan fingerprint density at radius 2 is 1.69 bits per heavy atom. The number of rotatable bonds is 12. The fourth-order valence-electron chi connectivity index (χ4n) is 3.72. The van der Waals surface area contributed by atoms with Crippen LogP contribution in [0.25, 0.3) is 0 Å². The average Bonchev–Trinajstić information content (AvgIpc) is 2.82. The van der Waals surface area contributed by atoms with Gasteiger partial charge in [0.25, 0.3) is 0 Å². The van der Waals surface area contributed by atoms with Crippen molar-refractivity contribution in [1.29, 1.82) is 0 Å². The zero-order valence-corrected chi connectivity index (χ0v) is 22.3. The number of amides is 1. The predicted octanol–water partition coefficient (Wildman–Crippen LogP) is 6.73. The third kappa shape index (κ3) is 14.7. The van der Waals surface area contributed by atoms with E-state index in [4.69, 9.17) is 5.11 Å². The summed E-state index contributed by atoms with van der Waals surface area (Å²) < 4.78 is 0. The number of aliphatic hydroxyl groups excluding tert-OH is 1. The summed E-state index contributed by atoms with van der Waals surface area (Å²) in [6.45, 7) is 12.3. The maximum Gasteiger partial charge on any atom is 0.247 e. The Hall–Kier alpha value is -3.09. The van der Waals surface area contributed by atoms with Crippen LogP contribution in [0.5, 0.6) is 0 Å². The SMILES string of the molecule is CC(/C=C/C#C/C=C/C=C(\C)C(=O)NC(C)CO)=C\C(C)C/C(C)=C/C(C)CCc1ccccc1. The minimum absolute atomic E-state index is 0.0794. The largest absolute Gasteiger partial charge is 0.394 e. The standard InChI is InChI=1S/C32H43NO2/c1-25(15-11-8-7-9-12-16-29(5)32(35)33-30(6)24-34)21-27(3)23-28(4)22-26(2)19-20-31-17-13-10-14-18-31/h9-18,21-22,26-27,30,34H,19-20,23-24H2,1-6H3,(H,33,35)/b12-9+,15-11+,25-21+,28-22+,29-16+. The number of allylic oxidation sites excluding steroid dienone is 9. The molecule has 3 atom stereocenters. The van der Waals surface area contributed by atoms with Gasteiger partial charge in [-0.3, -0.25) is 4.79 Å². The third-order valence-electron chi connectivity index (χ3n) is 5.54. The molecule has 1 amide bonds. The smallest absolute Gasteiger partial charge is 0.247 e. The molecule has 0 bridgehead atoms. The van der Waals surface area contributed by atoms with Crippen LogP contribution in [0, 0.1) is 23.7 Å². The van der Waals surface area contributed by atoms with Crippen LogP contribution in [-0.4, -0.2) is 23.7 Å².